The number of nitrogens with zero attached hydrogens (tertiary/aromatic N) is 2. The van der Waals surface area contributed by atoms with E-state index in [1.807, 2.05) is 0 Å². The number of nitrogens with one attached hydrogen (secondary N) is 1. The van der Waals surface area contributed by atoms with Crippen molar-refractivity contribution in [2.24, 2.45) is 16.6 Å². The summed E-state index contributed by atoms with van der Waals surface area (Å²) >= 11 is 0. The Bertz CT molecular complexity index is 276. The van der Waals surface area contributed by atoms with Crippen molar-refractivity contribution in [3.8, 4) is 0 Å². The molecule has 1 aliphatic rings. The number of likely N-dealkylation sites (tertiary alicyclic amines) is 1. The Morgan fingerprint density at radius 1 is 1.35 bits per heavy atom. The van der Waals surface area contributed by atoms with Crippen LogP contribution >= 0.6 is 0 Å². The fourth-order valence-electron chi connectivity index (χ4n) is 2.77. The summed E-state index contributed by atoms with van der Waals surface area (Å²) in [6, 6.07) is 0.649. The molecule has 0 amide bonds. The van der Waals surface area contributed by atoms with E-state index < -0.39 is 0 Å². The van der Waals surface area contributed by atoms with Crippen molar-refractivity contribution in [3.63, 3.8) is 0 Å². The summed E-state index contributed by atoms with van der Waals surface area (Å²) in [5.74, 6) is 1.30. The molecule has 0 aliphatic carbocycles. The van der Waals surface area contributed by atoms with Crippen LogP contribution in [0, 0.1) is 5.92 Å². The van der Waals surface area contributed by atoms with Gasteiger partial charge in [-0.1, -0.05) is 26.2 Å². The first-order valence-corrected chi connectivity index (χ1v) is 8.41. The summed E-state index contributed by atoms with van der Waals surface area (Å²) in [7, 11) is 0. The van der Waals surface area contributed by atoms with Crippen LogP contribution in [0.1, 0.15) is 59.3 Å². The maximum atomic E-state index is 5.93. The minimum absolute atomic E-state index is 0.628. The van der Waals surface area contributed by atoms with Gasteiger partial charge in [0.1, 0.15) is 0 Å². The van der Waals surface area contributed by atoms with Crippen molar-refractivity contribution >= 4 is 5.96 Å². The fraction of sp³-hybridized carbons (Fsp3) is 0.938. The first-order chi connectivity index (χ1) is 9.63. The van der Waals surface area contributed by atoms with E-state index in [2.05, 4.69) is 36.0 Å². The molecule has 1 aliphatic heterocycles. The predicted octanol–water partition coefficient (Wildman–Crippen LogP) is 2.59. The monoisotopic (exact) mass is 282 g/mol. The lowest BCUT2D eigenvalue weighted by molar-refractivity contribution is 0.143. The summed E-state index contributed by atoms with van der Waals surface area (Å²) in [6.45, 7) is 11.0. The third-order valence-corrected chi connectivity index (χ3v) is 4.14. The molecule has 4 heteroatoms. The van der Waals surface area contributed by atoms with Crippen LogP contribution in [0.15, 0.2) is 4.99 Å². The van der Waals surface area contributed by atoms with E-state index in [0.29, 0.717) is 17.9 Å². The molecule has 1 fully saturated rings. The van der Waals surface area contributed by atoms with E-state index in [-0.39, 0.29) is 0 Å². The highest BCUT2D eigenvalue weighted by Crippen LogP contribution is 2.18. The van der Waals surface area contributed by atoms with Crippen molar-refractivity contribution in [2.75, 3.05) is 26.2 Å². The van der Waals surface area contributed by atoms with E-state index in [0.717, 1.165) is 13.1 Å². The van der Waals surface area contributed by atoms with Crippen LogP contribution in [-0.2, 0) is 0 Å². The number of hydrogen-bond donors (Lipinski definition) is 2. The first-order valence-electron chi connectivity index (χ1n) is 8.41. The molecule has 1 rings (SSSR count). The Morgan fingerprint density at radius 2 is 2.15 bits per heavy atom. The van der Waals surface area contributed by atoms with Gasteiger partial charge in [0.05, 0.1) is 0 Å². The molecule has 0 aromatic carbocycles. The van der Waals surface area contributed by atoms with Gasteiger partial charge in [0, 0.05) is 25.7 Å². The highest BCUT2D eigenvalue weighted by Gasteiger charge is 2.21. The highest BCUT2D eigenvalue weighted by molar-refractivity contribution is 5.77. The van der Waals surface area contributed by atoms with Gasteiger partial charge in [-0.3, -0.25) is 4.99 Å². The molecule has 118 valence electrons. The Labute approximate surface area is 125 Å². The van der Waals surface area contributed by atoms with Gasteiger partial charge in [-0.2, -0.15) is 0 Å². The highest BCUT2D eigenvalue weighted by atomic mass is 15.2. The van der Waals surface area contributed by atoms with Crippen molar-refractivity contribution < 1.29 is 0 Å². The van der Waals surface area contributed by atoms with Crippen LogP contribution < -0.4 is 11.1 Å². The minimum Gasteiger partial charge on any atom is -0.370 e. The molecule has 3 N–H and O–H groups in total. The molecule has 0 aromatic rings. The lowest BCUT2D eigenvalue weighted by Crippen LogP contribution is -2.41. The largest absolute Gasteiger partial charge is 0.370 e. The molecule has 1 saturated heterocycles. The molecular formula is C16H34N4. The predicted molar refractivity (Wildman–Crippen MR) is 88.1 cm³/mol. The SMILES string of the molecule is CCCCCCNC(N)=NCC1CCCN(C(C)C)C1. The molecule has 1 unspecified atom stereocenters. The van der Waals surface area contributed by atoms with E-state index in [1.54, 1.807) is 0 Å². The van der Waals surface area contributed by atoms with Crippen molar-refractivity contribution in [3.05, 3.63) is 0 Å². The molecule has 20 heavy (non-hydrogen) atoms. The van der Waals surface area contributed by atoms with Crippen LogP contribution in [0.4, 0.5) is 0 Å². The van der Waals surface area contributed by atoms with E-state index >= 15 is 0 Å². The number of guanidine groups is 1. The number of piperidine rings is 1. The van der Waals surface area contributed by atoms with Crippen LogP contribution in [-0.4, -0.2) is 43.1 Å². The van der Waals surface area contributed by atoms with Gasteiger partial charge in [-0.05, 0) is 45.6 Å². The zero-order valence-electron chi connectivity index (χ0n) is 13.7. The third-order valence-electron chi connectivity index (χ3n) is 4.14. The molecule has 1 atom stereocenters. The number of nitrogens with two attached hydrogens (primary N) is 1. The molecule has 0 bridgehead atoms. The molecule has 0 aromatic heterocycles. The van der Waals surface area contributed by atoms with Gasteiger partial charge >= 0.3 is 0 Å². The minimum atomic E-state index is 0.628. The Balaban J connectivity index is 2.17. The summed E-state index contributed by atoms with van der Waals surface area (Å²) in [5.41, 5.74) is 5.93. The van der Waals surface area contributed by atoms with Gasteiger partial charge in [-0.15, -0.1) is 0 Å². The molecule has 0 saturated carbocycles. The Morgan fingerprint density at radius 3 is 2.85 bits per heavy atom. The summed E-state index contributed by atoms with van der Waals surface area (Å²) in [5, 5.41) is 3.23. The first kappa shape index (κ1) is 17.3. The molecule has 0 radical (unpaired) electrons. The van der Waals surface area contributed by atoms with Crippen molar-refractivity contribution in [1.29, 1.82) is 0 Å². The molecule has 1 heterocycles. The van der Waals surface area contributed by atoms with E-state index in [9.17, 15) is 0 Å². The van der Waals surface area contributed by atoms with E-state index in [4.69, 9.17) is 5.73 Å². The maximum absolute atomic E-state index is 5.93. The normalized spacial score (nSPS) is 21.4. The average Bonchev–Trinajstić information content (AvgIpc) is 2.45. The standard InChI is InChI=1S/C16H34N4/c1-4-5-6-7-10-18-16(17)19-12-15-9-8-11-20(13-15)14(2)3/h14-15H,4-13H2,1-3H3,(H3,17,18,19). The Hall–Kier alpha value is -0.770. The maximum Gasteiger partial charge on any atom is 0.188 e. The summed E-state index contributed by atoms with van der Waals surface area (Å²) < 4.78 is 0. The fourth-order valence-corrected chi connectivity index (χ4v) is 2.77. The van der Waals surface area contributed by atoms with Gasteiger partial charge < -0.3 is 16.0 Å². The molecule has 4 nitrogen and oxygen atoms in total. The average molecular weight is 282 g/mol. The second-order valence-electron chi connectivity index (χ2n) is 6.31. The lowest BCUT2D eigenvalue weighted by Gasteiger charge is -2.34. The van der Waals surface area contributed by atoms with Gasteiger partial charge in [0.2, 0.25) is 0 Å². The second-order valence-corrected chi connectivity index (χ2v) is 6.31. The summed E-state index contributed by atoms with van der Waals surface area (Å²) in [6.07, 6.45) is 7.64. The smallest absolute Gasteiger partial charge is 0.188 e. The zero-order valence-corrected chi connectivity index (χ0v) is 13.7. The molecule has 0 spiro atoms. The third kappa shape index (κ3) is 7.13. The summed E-state index contributed by atoms with van der Waals surface area (Å²) in [4.78, 5) is 7.07. The van der Waals surface area contributed by atoms with Crippen LogP contribution in [0.25, 0.3) is 0 Å². The quantitative estimate of drug-likeness (QED) is 0.409. The van der Waals surface area contributed by atoms with Crippen LogP contribution in [0.3, 0.4) is 0 Å². The van der Waals surface area contributed by atoms with Gasteiger partial charge in [-0.25, -0.2) is 0 Å². The van der Waals surface area contributed by atoms with E-state index in [1.165, 1.54) is 51.6 Å². The Kier molecular flexibility index (Phi) is 8.67. The zero-order chi connectivity index (χ0) is 14.8. The van der Waals surface area contributed by atoms with Crippen molar-refractivity contribution in [1.82, 2.24) is 10.2 Å². The number of rotatable bonds is 8. The molecular weight excluding hydrogens is 248 g/mol. The van der Waals surface area contributed by atoms with Crippen LogP contribution in [0.5, 0.6) is 0 Å². The number of unbranched alkanes of at least 4 members (excludes halogenated alkanes) is 3. The van der Waals surface area contributed by atoms with Crippen molar-refractivity contribution in [2.45, 2.75) is 65.3 Å². The van der Waals surface area contributed by atoms with Crippen LogP contribution in [0.2, 0.25) is 0 Å². The number of aliphatic imine (C=N–C) groups is 1. The topological polar surface area (TPSA) is 53.6 Å². The van der Waals surface area contributed by atoms with Gasteiger partial charge in [0.15, 0.2) is 5.96 Å². The number of hydrogen-bond acceptors (Lipinski definition) is 2. The lowest BCUT2D eigenvalue weighted by atomic mass is 9.97. The second kappa shape index (κ2) is 10.0. The van der Waals surface area contributed by atoms with Gasteiger partial charge in [0.25, 0.3) is 0 Å².